The number of hydrogen-bond acceptors (Lipinski definition) is 4. The number of esters is 1. The lowest BCUT2D eigenvalue weighted by Crippen LogP contribution is -2.30. The molecule has 0 spiro atoms. The van der Waals surface area contributed by atoms with Crippen LogP contribution in [0.4, 0.5) is 4.39 Å². The summed E-state index contributed by atoms with van der Waals surface area (Å²) in [6.45, 7) is 0.543. The first-order chi connectivity index (χ1) is 13.6. The van der Waals surface area contributed by atoms with Crippen LogP contribution in [0.25, 0.3) is 0 Å². The average molecular weight is 381 g/mol. The molecule has 1 aromatic heterocycles. The fourth-order valence-electron chi connectivity index (χ4n) is 2.59. The highest BCUT2D eigenvalue weighted by molar-refractivity contribution is 5.90. The third-order valence-corrected chi connectivity index (χ3v) is 4.04. The maximum atomic E-state index is 12.8. The zero-order valence-electron chi connectivity index (χ0n) is 15.2. The number of ether oxygens (including phenoxy) is 1. The first kappa shape index (κ1) is 19.3. The lowest BCUT2D eigenvalue weighted by atomic mass is 10.1. The Morgan fingerprint density at radius 1 is 1.04 bits per heavy atom. The van der Waals surface area contributed by atoms with Crippen LogP contribution in [0.15, 0.2) is 67.0 Å². The van der Waals surface area contributed by atoms with Crippen molar-refractivity contribution in [3.8, 4) is 0 Å². The number of nitrogens with one attached hydrogen (secondary N) is 1. The van der Waals surface area contributed by atoms with E-state index in [1.165, 1.54) is 18.3 Å². The van der Waals surface area contributed by atoms with Crippen molar-refractivity contribution in [1.82, 2.24) is 15.1 Å². The summed E-state index contributed by atoms with van der Waals surface area (Å²) in [5.41, 5.74) is 2.26. The Balaban J connectivity index is 1.40. The molecule has 1 amide bonds. The second-order valence-electron chi connectivity index (χ2n) is 6.21. The first-order valence-electron chi connectivity index (χ1n) is 8.85. The molecule has 2 aromatic carbocycles. The summed E-state index contributed by atoms with van der Waals surface area (Å²) >= 11 is 0. The van der Waals surface area contributed by atoms with Crippen molar-refractivity contribution in [2.24, 2.45) is 0 Å². The van der Waals surface area contributed by atoms with Crippen molar-refractivity contribution < 1.29 is 18.7 Å². The molecule has 28 heavy (non-hydrogen) atoms. The van der Waals surface area contributed by atoms with Crippen molar-refractivity contribution in [2.75, 3.05) is 13.2 Å². The molecule has 0 saturated heterocycles. The fourth-order valence-corrected chi connectivity index (χ4v) is 2.59. The Hall–Kier alpha value is -3.48. The number of benzene rings is 2. The smallest absolute Gasteiger partial charge is 0.341 e. The second-order valence-corrected chi connectivity index (χ2v) is 6.21. The van der Waals surface area contributed by atoms with Gasteiger partial charge in [0.2, 0.25) is 0 Å². The SMILES string of the molecule is O=C(COC(=O)c1cnn(Cc2ccccc2)c1)NCCc1ccc(F)cc1. The Kier molecular flexibility index (Phi) is 6.51. The zero-order valence-corrected chi connectivity index (χ0v) is 15.2. The lowest BCUT2D eigenvalue weighted by molar-refractivity contribution is -0.124. The summed E-state index contributed by atoms with van der Waals surface area (Å²) < 4.78 is 19.5. The van der Waals surface area contributed by atoms with E-state index < -0.39 is 11.9 Å². The van der Waals surface area contributed by atoms with Crippen LogP contribution in [0.5, 0.6) is 0 Å². The topological polar surface area (TPSA) is 73.2 Å². The molecule has 0 unspecified atom stereocenters. The minimum atomic E-state index is -0.604. The Morgan fingerprint density at radius 2 is 1.79 bits per heavy atom. The van der Waals surface area contributed by atoms with Crippen molar-refractivity contribution in [1.29, 1.82) is 0 Å². The predicted molar refractivity (Wildman–Crippen MR) is 101 cm³/mol. The van der Waals surface area contributed by atoms with Crippen LogP contribution in [0.1, 0.15) is 21.5 Å². The third kappa shape index (κ3) is 5.77. The van der Waals surface area contributed by atoms with Gasteiger partial charge in [-0.2, -0.15) is 5.10 Å². The van der Waals surface area contributed by atoms with E-state index in [2.05, 4.69) is 10.4 Å². The molecule has 0 saturated carbocycles. The minimum absolute atomic E-state index is 0.287. The van der Waals surface area contributed by atoms with E-state index in [-0.39, 0.29) is 18.0 Å². The van der Waals surface area contributed by atoms with Crippen molar-refractivity contribution in [2.45, 2.75) is 13.0 Å². The monoisotopic (exact) mass is 381 g/mol. The van der Waals surface area contributed by atoms with E-state index >= 15 is 0 Å². The summed E-state index contributed by atoms with van der Waals surface area (Å²) in [6.07, 6.45) is 3.56. The van der Waals surface area contributed by atoms with Crippen LogP contribution in [0, 0.1) is 5.82 Å². The van der Waals surface area contributed by atoms with Gasteiger partial charge in [0.25, 0.3) is 5.91 Å². The van der Waals surface area contributed by atoms with Crippen LogP contribution in [0.2, 0.25) is 0 Å². The normalized spacial score (nSPS) is 10.5. The van der Waals surface area contributed by atoms with Crippen LogP contribution in [0.3, 0.4) is 0 Å². The highest BCUT2D eigenvalue weighted by Gasteiger charge is 2.12. The molecule has 0 radical (unpaired) electrons. The number of aromatic nitrogens is 2. The average Bonchev–Trinajstić information content (AvgIpc) is 3.17. The van der Waals surface area contributed by atoms with E-state index in [0.717, 1.165) is 11.1 Å². The minimum Gasteiger partial charge on any atom is -0.452 e. The van der Waals surface area contributed by atoms with E-state index in [1.807, 2.05) is 30.3 Å². The summed E-state index contributed by atoms with van der Waals surface area (Å²) in [5, 5.41) is 6.80. The van der Waals surface area contributed by atoms with Gasteiger partial charge in [-0.25, -0.2) is 9.18 Å². The number of carbonyl (C=O) groups excluding carboxylic acids is 2. The maximum absolute atomic E-state index is 12.8. The lowest BCUT2D eigenvalue weighted by Gasteiger charge is -2.06. The summed E-state index contributed by atoms with van der Waals surface area (Å²) in [5.74, 6) is -1.30. The summed E-state index contributed by atoms with van der Waals surface area (Å²) in [7, 11) is 0. The Bertz CT molecular complexity index is 924. The van der Waals surface area contributed by atoms with E-state index in [1.54, 1.807) is 23.0 Å². The summed E-state index contributed by atoms with van der Waals surface area (Å²) in [6, 6.07) is 15.8. The molecule has 0 bridgehead atoms. The van der Waals surface area contributed by atoms with Gasteiger partial charge in [0.1, 0.15) is 5.82 Å². The number of amides is 1. The Labute approximate surface area is 161 Å². The van der Waals surface area contributed by atoms with Gasteiger partial charge in [-0.3, -0.25) is 9.48 Å². The maximum Gasteiger partial charge on any atom is 0.341 e. The van der Waals surface area contributed by atoms with Crippen molar-refractivity contribution in [3.63, 3.8) is 0 Å². The van der Waals surface area contributed by atoms with Gasteiger partial charge in [0, 0.05) is 12.7 Å². The van der Waals surface area contributed by atoms with E-state index in [9.17, 15) is 14.0 Å². The fraction of sp³-hybridized carbons (Fsp3) is 0.190. The van der Waals surface area contributed by atoms with Gasteiger partial charge in [0.15, 0.2) is 6.61 Å². The van der Waals surface area contributed by atoms with Crippen LogP contribution < -0.4 is 5.32 Å². The van der Waals surface area contributed by atoms with Crippen LogP contribution in [-0.4, -0.2) is 34.8 Å². The largest absolute Gasteiger partial charge is 0.452 e. The molecular formula is C21H20FN3O3. The second kappa shape index (κ2) is 9.45. The molecule has 1 N–H and O–H groups in total. The van der Waals surface area contributed by atoms with Crippen LogP contribution in [-0.2, 0) is 22.5 Å². The standard InChI is InChI=1S/C21H20FN3O3/c22-19-8-6-16(7-9-19)10-11-23-20(26)15-28-21(27)18-12-24-25(14-18)13-17-4-2-1-3-5-17/h1-9,12,14H,10-11,13,15H2,(H,23,26). The van der Waals surface area contributed by atoms with Gasteiger partial charge in [-0.15, -0.1) is 0 Å². The predicted octanol–water partition coefficient (Wildman–Crippen LogP) is 2.59. The number of carbonyl (C=O) groups is 2. The van der Waals surface area contributed by atoms with Gasteiger partial charge in [0.05, 0.1) is 18.3 Å². The molecule has 0 aliphatic heterocycles. The molecule has 0 aliphatic rings. The van der Waals surface area contributed by atoms with E-state index in [4.69, 9.17) is 4.74 Å². The van der Waals surface area contributed by atoms with Crippen LogP contribution >= 0.6 is 0 Å². The van der Waals surface area contributed by atoms with Crippen molar-refractivity contribution in [3.05, 3.63) is 89.5 Å². The van der Waals surface area contributed by atoms with Gasteiger partial charge in [-0.05, 0) is 29.7 Å². The zero-order chi connectivity index (χ0) is 19.8. The molecule has 1 heterocycles. The highest BCUT2D eigenvalue weighted by Crippen LogP contribution is 2.05. The molecule has 0 fully saturated rings. The van der Waals surface area contributed by atoms with Gasteiger partial charge < -0.3 is 10.1 Å². The molecule has 144 valence electrons. The molecule has 3 aromatic rings. The van der Waals surface area contributed by atoms with E-state index in [0.29, 0.717) is 19.5 Å². The van der Waals surface area contributed by atoms with Crippen molar-refractivity contribution >= 4 is 11.9 Å². The van der Waals surface area contributed by atoms with Gasteiger partial charge >= 0.3 is 5.97 Å². The molecule has 0 aliphatic carbocycles. The number of halogens is 1. The van der Waals surface area contributed by atoms with Gasteiger partial charge in [-0.1, -0.05) is 42.5 Å². The Morgan fingerprint density at radius 3 is 2.54 bits per heavy atom. The number of nitrogens with zero attached hydrogens (tertiary/aromatic N) is 2. The summed E-state index contributed by atoms with van der Waals surface area (Å²) in [4.78, 5) is 23.9. The third-order valence-electron chi connectivity index (χ3n) is 4.04. The number of hydrogen-bond donors (Lipinski definition) is 1. The quantitative estimate of drug-likeness (QED) is 0.609. The molecular weight excluding hydrogens is 361 g/mol. The number of rotatable bonds is 8. The first-order valence-corrected chi connectivity index (χ1v) is 8.85. The molecule has 0 atom stereocenters. The highest BCUT2D eigenvalue weighted by atomic mass is 19.1. The molecule has 6 nitrogen and oxygen atoms in total. The molecule has 3 rings (SSSR count). The molecule has 7 heteroatoms.